The lowest BCUT2D eigenvalue weighted by molar-refractivity contribution is -0.450. The van der Waals surface area contributed by atoms with Crippen LogP contribution in [0.1, 0.15) is 32.6 Å². The maximum Gasteiger partial charge on any atom is 0.474 e. The third kappa shape index (κ3) is 4.98. The number of alkyl carbamates (subject to hydrolysis) is 1. The molecule has 180 valence electrons. The molecule has 0 atom stereocenters. The molecule has 0 aromatic heterocycles. The number of halogens is 13. The predicted octanol–water partition coefficient (Wildman–Crippen LogP) is 6.03. The van der Waals surface area contributed by atoms with Gasteiger partial charge in [0.05, 0.1) is 0 Å². The van der Waals surface area contributed by atoms with Gasteiger partial charge in [0.1, 0.15) is 0 Å². The molecule has 1 amide bonds. The van der Waals surface area contributed by atoms with Crippen molar-refractivity contribution in [2.45, 2.75) is 68.3 Å². The predicted molar refractivity (Wildman–Crippen MR) is 74.3 cm³/mol. The van der Waals surface area contributed by atoms with Gasteiger partial charge in [-0.3, -0.25) is 0 Å². The Balaban J connectivity index is 5.66. The van der Waals surface area contributed by atoms with Gasteiger partial charge < -0.3 is 10.1 Å². The molecular weight excluding hydrogens is 461 g/mol. The summed E-state index contributed by atoms with van der Waals surface area (Å²) in [5.74, 6) is -37.6. The Morgan fingerprint density at radius 1 is 0.733 bits per heavy atom. The minimum Gasteiger partial charge on any atom is -0.379 e. The highest BCUT2D eigenvalue weighted by Gasteiger charge is 2.91. The fourth-order valence-electron chi connectivity index (χ4n) is 1.85. The quantitative estimate of drug-likeness (QED) is 0.275. The SMILES string of the molecule is CCCCCCNC(=O)OC(F)(F)C(F)(F)C(F)(F)C(F)(F)C(F)(F)C(F)(F)CF. The number of amides is 1. The summed E-state index contributed by atoms with van der Waals surface area (Å²) < 4.78 is 172. The first kappa shape index (κ1) is 28.4. The Bertz CT molecular complexity index is 580. The van der Waals surface area contributed by atoms with Gasteiger partial charge in [-0.2, -0.15) is 52.7 Å². The molecule has 1 N–H and O–H groups in total. The van der Waals surface area contributed by atoms with Crippen molar-refractivity contribution in [2.75, 3.05) is 13.2 Å². The first-order valence-electron chi connectivity index (χ1n) is 8.06. The molecule has 0 fully saturated rings. The fourth-order valence-corrected chi connectivity index (χ4v) is 1.85. The minimum atomic E-state index is -7.92. The first-order chi connectivity index (χ1) is 13.3. The Hall–Kier alpha value is -1.64. The van der Waals surface area contributed by atoms with E-state index >= 15 is 0 Å². The molecule has 0 aliphatic heterocycles. The second kappa shape index (κ2) is 9.24. The molecular formula is C14H16F13NO2. The van der Waals surface area contributed by atoms with Crippen LogP contribution in [0.5, 0.6) is 0 Å². The highest BCUT2D eigenvalue weighted by molar-refractivity contribution is 5.67. The molecule has 0 bridgehead atoms. The Kier molecular flexibility index (Phi) is 8.73. The van der Waals surface area contributed by atoms with Crippen molar-refractivity contribution < 1.29 is 66.6 Å². The van der Waals surface area contributed by atoms with Crippen LogP contribution in [-0.4, -0.2) is 55.0 Å². The van der Waals surface area contributed by atoms with Gasteiger partial charge in [-0.1, -0.05) is 26.2 Å². The van der Waals surface area contributed by atoms with Crippen LogP contribution in [0, 0.1) is 0 Å². The number of nitrogens with one attached hydrogen (secondary N) is 1. The number of carbonyl (C=O) groups is 1. The van der Waals surface area contributed by atoms with Crippen LogP contribution in [0.4, 0.5) is 61.9 Å². The molecule has 0 rings (SSSR count). The van der Waals surface area contributed by atoms with E-state index in [1.807, 2.05) is 0 Å². The molecule has 0 aromatic rings. The van der Waals surface area contributed by atoms with E-state index in [1.54, 1.807) is 6.92 Å². The minimum absolute atomic E-state index is 0.0870. The smallest absolute Gasteiger partial charge is 0.379 e. The van der Waals surface area contributed by atoms with Gasteiger partial charge in [-0.15, -0.1) is 0 Å². The second-order valence-electron chi connectivity index (χ2n) is 6.03. The zero-order chi connectivity index (χ0) is 24.2. The summed E-state index contributed by atoms with van der Waals surface area (Å²) in [6, 6.07) is 0. The lowest BCUT2D eigenvalue weighted by atomic mass is 9.94. The number of rotatable bonds is 12. The second-order valence-corrected chi connectivity index (χ2v) is 6.03. The third-order valence-electron chi connectivity index (χ3n) is 3.70. The fraction of sp³-hybridized carbons (Fsp3) is 0.929. The largest absolute Gasteiger partial charge is 0.474 e. The van der Waals surface area contributed by atoms with Gasteiger partial charge in [-0.05, 0) is 6.42 Å². The summed E-state index contributed by atoms with van der Waals surface area (Å²) in [7, 11) is 0. The van der Waals surface area contributed by atoms with Crippen molar-refractivity contribution in [3.63, 3.8) is 0 Å². The van der Waals surface area contributed by atoms with E-state index in [9.17, 15) is 61.9 Å². The molecule has 16 heteroatoms. The molecule has 0 spiro atoms. The molecule has 0 saturated carbocycles. The van der Waals surface area contributed by atoms with E-state index in [2.05, 4.69) is 4.74 Å². The third-order valence-corrected chi connectivity index (χ3v) is 3.70. The van der Waals surface area contributed by atoms with Crippen LogP contribution in [0.15, 0.2) is 0 Å². The maximum atomic E-state index is 13.4. The number of ether oxygens (including phenoxy) is 1. The number of carbonyl (C=O) groups excluding carboxylic acids is 1. The zero-order valence-electron chi connectivity index (χ0n) is 15.0. The van der Waals surface area contributed by atoms with Crippen LogP contribution >= 0.6 is 0 Å². The van der Waals surface area contributed by atoms with Crippen molar-refractivity contribution in [1.29, 1.82) is 0 Å². The number of alkyl halides is 13. The van der Waals surface area contributed by atoms with Crippen molar-refractivity contribution in [3.8, 4) is 0 Å². The number of hydrogen-bond acceptors (Lipinski definition) is 2. The molecule has 0 aliphatic rings. The van der Waals surface area contributed by atoms with Crippen LogP contribution in [-0.2, 0) is 4.74 Å². The topological polar surface area (TPSA) is 38.3 Å². The van der Waals surface area contributed by atoms with Crippen molar-refractivity contribution in [3.05, 3.63) is 0 Å². The lowest BCUT2D eigenvalue weighted by Crippen LogP contribution is -2.71. The number of unbranched alkanes of at least 4 members (excludes halogenated alkanes) is 3. The van der Waals surface area contributed by atoms with Crippen molar-refractivity contribution in [1.82, 2.24) is 5.32 Å². The van der Waals surface area contributed by atoms with Crippen molar-refractivity contribution >= 4 is 6.09 Å². The Labute approximate surface area is 160 Å². The average molecular weight is 477 g/mol. The van der Waals surface area contributed by atoms with Crippen LogP contribution in [0.3, 0.4) is 0 Å². The summed E-state index contributed by atoms with van der Waals surface area (Å²) in [5, 5.41) is 1.40. The van der Waals surface area contributed by atoms with E-state index in [-0.39, 0.29) is 6.42 Å². The van der Waals surface area contributed by atoms with Crippen LogP contribution < -0.4 is 5.32 Å². The van der Waals surface area contributed by atoms with E-state index < -0.39 is 55.0 Å². The van der Waals surface area contributed by atoms with E-state index in [4.69, 9.17) is 0 Å². The molecule has 3 nitrogen and oxygen atoms in total. The van der Waals surface area contributed by atoms with E-state index in [0.717, 1.165) is 0 Å². The van der Waals surface area contributed by atoms with E-state index in [0.29, 0.717) is 19.3 Å². The number of hydrogen-bond donors (Lipinski definition) is 1. The van der Waals surface area contributed by atoms with Gasteiger partial charge in [0.2, 0.25) is 0 Å². The first-order valence-corrected chi connectivity index (χ1v) is 8.06. The van der Waals surface area contributed by atoms with Gasteiger partial charge in [-0.25, -0.2) is 9.18 Å². The summed E-state index contributed by atoms with van der Waals surface area (Å²) >= 11 is 0. The lowest BCUT2D eigenvalue weighted by Gasteiger charge is -2.40. The Morgan fingerprint density at radius 2 is 1.20 bits per heavy atom. The molecule has 0 heterocycles. The van der Waals surface area contributed by atoms with Gasteiger partial charge in [0, 0.05) is 6.54 Å². The van der Waals surface area contributed by atoms with Gasteiger partial charge in [0.15, 0.2) is 6.67 Å². The van der Waals surface area contributed by atoms with Crippen LogP contribution in [0.25, 0.3) is 0 Å². The summed E-state index contributed by atoms with van der Waals surface area (Å²) in [6.07, 6.45) is -7.58. The molecule has 0 saturated heterocycles. The maximum absolute atomic E-state index is 13.4. The molecule has 0 unspecified atom stereocenters. The van der Waals surface area contributed by atoms with Crippen molar-refractivity contribution in [2.24, 2.45) is 0 Å². The standard InChI is InChI=1S/C14H16F13NO2/c1-2-3-4-5-6-28-8(29)30-14(26,27)13(24,25)12(22,23)11(20,21)10(18,19)9(16,17)7-15/h2-7H2,1H3,(H,28,29). The molecule has 30 heavy (non-hydrogen) atoms. The molecule has 0 radical (unpaired) electrons. The molecule has 0 aliphatic carbocycles. The zero-order valence-corrected chi connectivity index (χ0v) is 15.0. The normalized spacial score (nSPS) is 14.6. The van der Waals surface area contributed by atoms with E-state index in [1.165, 1.54) is 5.32 Å². The summed E-state index contributed by atoms with van der Waals surface area (Å²) in [6.45, 7) is -2.44. The highest BCUT2D eigenvalue weighted by Crippen LogP contribution is 2.60. The highest BCUT2D eigenvalue weighted by atomic mass is 19.4. The molecule has 0 aromatic carbocycles. The summed E-state index contributed by atoms with van der Waals surface area (Å²) in [5.41, 5.74) is 0. The average Bonchev–Trinajstić information content (AvgIpc) is 2.60. The van der Waals surface area contributed by atoms with Gasteiger partial charge in [0.25, 0.3) is 0 Å². The van der Waals surface area contributed by atoms with Crippen LogP contribution in [0.2, 0.25) is 0 Å². The Morgan fingerprint density at radius 3 is 1.63 bits per heavy atom. The monoisotopic (exact) mass is 477 g/mol. The summed E-state index contributed by atoms with van der Waals surface area (Å²) in [4.78, 5) is 11.0. The van der Waals surface area contributed by atoms with Gasteiger partial charge >= 0.3 is 41.8 Å².